The van der Waals surface area contributed by atoms with E-state index < -0.39 is 0 Å². The minimum atomic E-state index is 0.122. The molecular formula is C15H15BrNO+. The Morgan fingerprint density at radius 1 is 1.11 bits per heavy atom. The van der Waals surface area contributed by atoms with Crippen LogP contribution in [0.1, 0.15) is 22.8 Å². The lowest BCUT2D eigenvalue weighted by molar-refractivity contribution is -0.683. The number of hydrogen-bond donors (Lipinski definition) is 0. The summed E-state index contributed by atoms with van der Waals surface area (Å²) in [6.45, 7) is 2.50. The molecule has 18 heavy (non-hydrogen) atoms. The summed E-state index contributed by atoms with van der Waals surface area (Å²) in [7, 11) is 0. The highest BCUT2D eigenvalue weighted by atomic mass is 79.9. The topological polar surface area (TPSA) is 20.9 Å². The maximum absolute atomic E-state index is 12.0. The van der Waals surface area contributed by atoms with Crippen LogP contribution in [0, 0.1) is 0 Å². The fourth-order valence-electron chi connectivity index (χ4n) is 1.72. The number of nitrogens with zero attached hydrogens (tertiary/aromatic N) is 1. The number of hydrogen-bond acceptors (Lipinski definition) is 1. The van der Waals surface area contributed by atoms with Crippen LogP contribution in [0.3, 0.4) is 0 Å². The molecule has 1 aromatic heterocycles. The first kappa shape index (κ1) is 13.0. The van der Waals surface area contributed by atoms with E-state index in [2.05, 4.69) is 35.0 Å². The van der Waals surface area contributed by atoms with Gasteiger partial charge in [-0.15, -0.1) is 0 Å². The van der Waals surface area contributed by atoms with Gasteiger partial charge in [0.15, 0.2) is 12.4 Å². The van der Waals surface area contributed by atoms with Gasteiger partial charge in [-0.05, 0) is 24.1 Å². The molecule has 0 saturated carbocycles. The van der Waals surface area contributed by atoms with Gasteiger partial charge in [-0.2, -0.15) is 4.57 Å². The van der Waals surface area contributed by atoms with Gasteiger partial charge in [0.2, 0.25) is 12.3 Å². The minimum absolute atomic E-state index is 0.122. The van der Waals surface area contributed by atoms with Crippen LogP contribution < -0.4 is 4.57 Å². The second-order valence-electron chi connectivity index (χ2n) is 4.16. The van der Waals surface area contributed by atoms with Crippen LogP contribution in [-0.2, 0) is 13.0 Å². The second-order valence-corrected chi connectivity index (χ2v) is 5.08. The Morgan fingerprint density at radius 3 is 2.28 bits per heavy atom. The summed E-state index contributed by atoms with van der Waals surface area (Å²) in [6.07, 6.45) is 4.92. The smallest absolute Gasteiger partial charge is 0.227 e. The first-order valence-electron chi connectivity index (χ1n) is 5.96. The molecule has 0 spiro atoms. The predicted molar refractivity (Wildman–Crippen MR) is 74.5 cm³/mol. The lowest BCUT2D eigenvalue weighted by Gasteiger charge is -1.99. The molecule has 0 saturated heterocycles. The summed E-state index contributed by atoms with van der Waals surface area (Å²) in [5.41, 5.74) is 2.02. The van der Waals surface area contributed by atoms with Crippen molar-refractivity contribution in [2.45, 2.75) is 19.9 Å². The third kappa shape index (κ3) is 3.26. The van der Waals surface area contributed by atoms with Gasteiger partial charge in [0.25, 0.3) is 0 Å². The van der Waals surface area contributed by atoms with Gasteiger partial charge in [-0.1, -0.05) is 35.0 Å². The van der Waals surface area contributed by atoms with E-state index in [0.29, 0.717) is 6.54 Å². The van der Waals surface area contributed by atoms with Gasteiger partial charge >= 0.3 is 0 Å². The van der Waals surface area contributed by atoms with E-state index in [4.69, 9.17) is 0 Å². The number of Topliss-reactive ketones (excluding diaryl/α,β-unsaturated/α-hetero) is 1. The van der Waals surface area contributed by atoms with Crippen molar-refractivity contribution in [3.63, 3.8) is 0 Å². The number of pyridine rings is 1. The Labute approximate surface area is 115 Å². The van der Waals surface area contributed by atoms with E-state index in [0.717, 1.165) is 16.5 Å². The van der Waals surface area contributed by atoms with Gasteiger partial charge in [-0.25, -0.2) is 0 Å². The number of ketones is 1. The molecule has 0 aliphatic rings. The highest BCUT2D eigenvalue weighted by Gasteiger charge is 2.11. The number of aryl methyl sites for hydroxylation is 1. The van der Waals surface area contributed by atoms with Gasteiger partial charge < -0.3 is 0 Å². The Morgan fingerprint density at radius 2 is 1.72 bits per heavy atom. The molecule has 0 aliphatic heterocycles. The second kappa shape index (κ2) is 5.91. The van der Waals surface area contributed by atoms with Crippen molar-refractivity contribution in [1.29, 1.82) is 0 Å². The van der Waals surface area contributed by atoms with E-state index >= 15 is 0 Å². The summed E-state index contributed by atoms with van der Waals surface area (Å²) in [5.74, 6) is 0.122. The zero-order valence-electron chi connectivity index (χ0n) is 10.3. The fourth-order valence-corrected chi connectivity index (χ4v) is 1.99. The first-order chi connectivity index (χ1) is 8.69. The molecule has 0 N–H and O–H groups in total. The van der Waals surface area contributed by atoms with Crippen LogP contribution in [-0.4, -0.2) is 5.78 Å². The molecule has 0 unspecified atom stereocenters. The van der Waals surface area contributed by atoms with Gasteiger partial charge in [0, 0.05) is 22.2 Å². The van der Waals surface area contributed by atoms with E-state index in [1.54, 1.807) is 0 Å². The number of benzene rings is 1. The largest absolute Gasteiger partial charge is 0.287 e. The van der Waals surface area contributed by atoms with Crippen LogP contribution >= 0.6 is 15.9 Å². The van der Waals surface area contributed by atoms with Crippen molar-refractivity contribution >= 4 is 21.7 Å². The van der Waals surface area contributed by atoms with Gasteiger partial charge in [-0.3, -0.25) is 4.79 Å². The molecule has 0 aliphatic carbocycles. The van der Waals surface area contributed by atoms with E-state index in [1.807, 2.05) is 41.2 Å². The molecule has 3 heteroatoms. The first-order valence-corrected chi connectivity index (χ1v) is 6.75. The summed E-state index contributed by atoms with van der Waals surface area (Å²) in [5, 5.41) is 0. The Hall–Kier alpha value is -1.48. The number of aromatic nitrogens is 1. The molecule has 2 nitrogen and oxygen atoms in total. The zero-order valence-corrected chi connectivity index (χ0v) is 11.9. The molecule has 0 atom stereocenters. The summed E-state index contributed by atoms with van der Waals surface area (Å²) in [6, 6.07) is 11.6. The van der Waals surface area contributed by atoms with Crippen molar-refractivity contribution < 1.29 is 9.36 Å². The maximum Gasteiger partial charge on any atom is 0.227 e. The van der Waals surface area contributed by atoms with E-state index in [9.17, 15) is 4.79 Å². The molecule has 0 fully saturated rings. The Kier molecular flexibility index (Phi) is 4.26. The van der Waals surface area contributed by atoms with E-state index in [1.165, 1.54) is 5.56 Å². The fraction of sp³-hybridized carbons (Fsp3) is 0.200. The normalized spacial score (nSPS) is 10.3. The number of carbonyl (C=O) groups is 1. The monoisotopic (exact) mass is 304 g/mol. The number of rotatable bonds is 4. The van der Waals surface area contributed by atoms with Crippen molar-refractivity contribution in [2.75, 3.05) is 0 Å². The third-order valence-corrected chi connectivity index (χ3v) is 3.39. The molecule has 92 valence electrons. The Bertz CT molecular complexity index is 531. The zero-order chi connectivity index (χ0) is 13.0. The van der Waals surface area contributed by atoms with E-state index in [-0.39, 0.29) is 5.78 Å². The van der Waals surface area contributed by atoms with Gasteiger partial charge in [0.1, 0.15) is 0 Å². The van der Waals surface area contributed by atoms with Crippen molar-refractivity contribution in [2.24, 2.45) is 0 Å². The molecule has 1 heterocycles. The lowest BCUT2D eigenvalue weighted by atomic mass is 10.1. The van der Waals surface area contributed by atoms with Crippen molar-refractivity contribution in [3.05, 3.63) is 64.4 Å². The van der Waals surface area contributed by atoms with Crippen LogP contribution in [0.2, 0.25) is 0 Å². The molecule has 0 amide bonds. The van der Waals surface area contributed by atoms with Crippen molar-refractivity contribution in [3.8, 4) is 0 Å². The maximum atomic E-state index is 12.0. The van der Waals surface area contributed by atoms with Crippen LogP contribution in [0.15, 0.2) is 53.3 Å². The van der Waals surface area contributed by atoms with Gasteiger partial charge in [0.05, 0.1) is 0 Å². The summed E-state index contributed by atoms with van der Waals surface area (Å²) in [4.78, 5) is 12.0. The van der Waals surface area contributed by atoms with Crippen molar-refractivity contribution in [1.82, 2.24) is 0 Å². The summed E-state index contributed by atoms with van der Waals surface area (Å²) < 4.78 is 2.89. The average Bonchev–Trinajstić information content (AvgIpc) is 2.40. The SMILES string of the molecule is CCc1cc[n+](CC(=O)c2ccc(Br)cc2)cc1. The lowest BCUT2D eigenvalue weighted by Crippen LogP contribution is -2.37. The quantitative estimate of drug-likeness (QED) is 0.628. The molecule has 0 radical (unpaired) electrons. The van der Waals surface area contributed by atoms with Crippen LogP contribution in [0.25, 0.3) is 0 Å². The standard InChI is InChI=1S/C15H15BrNO/c1-2-12-7-9-17(10-8-12)11-15(18)13-3-5-14(16)6-4-13/h3-10H,2,11H2,1H3/q+1. The molecule has 2 rings (SSSR count). The highest BCUT2D eigenvalue weighted by Crippen LogP contribution is 2.10. The molecule has 2 aromatic rings. The average molecular weight is 305 g/mol. The minimum Gasteiger partial charge on any atom is -0.287 e. The molecule has 0 bridgehead atoms. The Balaban J connectivity index is 2.08. The number of carbonyl (C=O) groups excluding carboxylic acids is 1. The number of halogens is 1. The van der Waals surface area contributed by atoms with Crippen LogP contribution in [0.4, 0.5) is 0 Å². The summed E-state index contributed by atoms with van der Waals surface area (Å²) >= 11 is 3.36. The predicted octanol–water partition coefficient (Wildman–Crippen LogP) is 3.18. The third-order valence-electron chi connectivity index (χ3n) is 2.86. The van der Waals surface area contributed by atoms with Crippen LogP contribution in [0.5, 0.6) is 0 Å². The highest BCUT2D eigenvalue weighted by molar-refractivity contribution is 9.10. The molecule has 1 aromatic carbocycles. The molecular weight excluding hydrogens is 290 g/mol.